The minimum Gasteiger partial charge on any atom is -0.403 e. The number of nitrogens with one attached hydrogen (secondary N) is 2. The Balaban J connectivity index is 1.49. The van der Waals surface area contributed by atoms with Gasteiger partial charge in [0, 0.05) is 58.8 Å². The van der Waals surface area contributed by atoms with Gasteiger partial charge in [-0.15, -0.1) is 0 Å². The number of hydrogen-bond donors (Lipinski definition) is 3. The van der Waals surface area contributed by atoms with Crippen LogP contribution in [0.1, 0.15) is 55.5 Å². The van der Waals surface area contributed by atoms with E-state index in [1.165, 1.54) is 18.8 Å². The molecule has 9 heteroatoms. The Morgan fingerprint density at radius 1 is 1.20 bits per heavy atom. The van der Waals surface area contributed by atoms with Crippen LogP contribution in [0.15, 0.2) is 49.4 Å². The molecule has 2 atom stereocenters. The molecule has 8 nitrogen and oxygen atoms in total. The highest BCUT2D eigenvalue weighted by molar-refractivity contribution is 5.99. The van der Waals surface area contributed by atoms with Gasteiger partial charge in [-0.1, -0.05) is 45.4 Å². The van der Waals surface area contributed by atoms with Gasteiger partial charge in [-0.25, -0.2) is 9.37 Å². The van der Waals surface area contributed by atoms with E-state index in [9.17, 15) is 4.79 Å². The SMILES string of the molecule is C=C(/C=c1\c(=C/N)[nH]c2ncc(F)c(-c3ccc(C(=O)N[C@H]4CCCCC4N(CC)CC)cc3)c12)c1cnn(C)c1. The topological polar surface area (TPSA) is 105 Å². The fourth-order valence-electron chi connectivity index (χ4n) is 6.03. The third-order valence-corrected chi connectivity index (χ3v) is 8.17. The number of hydrogen-bond acceptors (Lipinski definition) is 5. The summed E-state index contributed by atoms with van der Waals surface area (Å²) in [5.41, 5.74) is 9.55. The number of amides is 1. The number of nitrogens with two attached hydrogens (primary N) is 1. The molecule has 4 aromatic rings. The van der Waals surface area contributed by atoms with Crippen molar-refractivity contribution in [2.24, 2.45) is 12.8 Å². The van der Waals surface area contributed by atoms with Crippen molar-refractivity contribution in [2.45, 2.75) is 51.6 Å². The standard InChI is InChI=1S/C32H38FN7O/c1-5-40(6-2)28-10-8-7-9-26(28)38-32(41)22-13-11-21(12-14-22)29-25(33)18-35-31-30(29)24(27(16-34)37-31)15-20(3)23-17-36-39(4)19-23/h11-19,26,28H,3,5-10,34H2,1-2,4H3,(H,35,37)(H,38,41)/b24-15+,27-16+/t26-,28?/m0/s1. The average Bonchev–Trinajstić information content (AvgIpc) is 3.58. The highest BCUT2D eigenvalue weighted by atomic mass is 19.1. The molecule has 0 bridgehead atoms. The number of halogens is 1. The molecule has 1 aliphatic rings. The zero-order valence-electron chi connectivity index (χ0n) is 24.0. The lowest BCUT2D eigenvalue weighted by molar-refractivity contribution is 0.0846. The number of rotatable bonds is 8. The Hall–Kier alpha value is -4.24. The second kappa shape index (κ2) is 12.1. The molecule has 0 saturated heterocycles. The van der Waals surface area contributed by atoms with Crippen molar-refractivity contribution in [3.05, 3.63) is 76.9 Å². The zero-order valence-corrected chi connectivity index (χ0v) is 24.0. The van der Waals surface area contributed by atoms with Gasteiger partial charge in [0.1, 0.15) is 11.5 Å². The molecule has 1 amide bonds. The Bertz CT molecular complexity index is 1680. The van der Waals surface area contributed by atoms with Crippen LogP contribution in [0.2, 0.25) is 0 Å². The van der Waals surface area contributed by atoms with Gasteiger partial charge < -0.3 is 16.0 Å². The van der Waals surface area contributed by atoms with E-state index in [0.717, 1.165) is 37.9 Å². The first-order valence-corrected chi connectivity index (χ1v) is 14.3. The molecule has 3 aromatic heterocycles. The summed E-state index contributed by atoms with van der Waals surface area (Å²) in [4.78, 5) is 23.2. The number of pyridine rings is 1. The molecule has 1 unspecified atom stereocenters. The summed E-state index contributed by atoms with van der Waals surface area (Å²) in [5.74, 6) is -0.576. The number of aromatic amines is 1. The lowest BCUT2D eigenvalue weighted by atomic mass is 9.88. The predicted octanol–water partition coefficient (Wildman–Crippen LogP) is 3.68. The van der Waals surface area contributed by atoms with Gasteiger partial charge in [0.05, 0.1) is 17.7 Å². The molecule has 1 saturated carbocycles. The van der Waals surface area contributed by atoms with E-state index in [2.05, 4.69) is 45.7 Å². The van der Waals surface area contributed by atoms with E-state index >= 15 is 4.39 Å². The summed E-state index contributed by atoms with van der Waals surface area (Å²) in [5, 5.41) is 9.38. The number of benzene rings is 1. The number of fused-ring (bicyclic) bond motifs is 1. The minimum atomic E-state index is -0.469. The number of nitrogens with zero attached hydrogens (tertiary/aromatic N) is 4. The van der Waals surface area contributed by atoms with Crippen LogP contribution in [-0.4, -0.2) is 55.7 Å². The van der Waals surface area contributed by atoms with E-state index < -0.39 is 5.82 Å². The summed E-state index contributed by atoms with van der Waals surface area (Å²) >= 11 is 0. The van der Waals surface area contributed by atoms with E-state index in [0.29, 0.717) is 49.9 Å². The van der Waals surface area contributed by atoms with Gasteiger partial charge in [-0.05, 0) is 55.3 Å². The van der Waals surface area contributed by atoms with Crippen LogP contribution in [0.25, 0.3) is 40.0 Å². The van der Waals surface area contributed by atoms with Crippen LogP contribution in [0.3, 0.4) is 0 Å². The number of carbonyl (C=O) groups is 1. The Morgan fingerprint density at radius 3 is 2.59 bits per heavy atom. The fraction of sp³-hybridized carbons (Fsp3) is 0.344. The van der Waals surface area contributed by atoms with Crippen molar-refractivity contribution < 1.29 is 9.18 Å². The molecule has 0 radical (unpaired) electrons. The third-order valence-electron chi connectivity index (χ3n) is 8.17. The lowest BCUT2D eigenvalue weighted by Gasteiger charge is -2.39. The lowest BCUT2D eigenvalue weighted by Crippen LogP contribution is -2.53. The maximum atomic E-state index is 15.5. The molecular weight excluding hydrogens is 517 g/mol. The third kappa shape index (κ3) is 5.67. The van der Waals surface area contributed by atoms with Gasteiger partial charge in [-0.3, -0.25) is 14.4 Å². The van der Waals surface area contributed by atoms with E-state index in [1.54, 1.807) is 35.1 Å². The predicted molar refractivity (Wildman–Crippen MR) is 163 cm³/mol. The highest BCUT2D eigenvalue weighted by Crippen LogP contribution is 2.29. The Labute approximate surface area is 239 Å². The van der Waals surface area contributed by atoms with Crippen molar-refractivity contribution >= 4 is 34.8 Å². The summed E-state index contributed by atoms with van der Waals surface area (Å²) in [6.07, 6.45) is 12.5. The monoisotopic (exact) mass is 555 g/mol. The number of likely N-dealkylation sites (N-methyl/N-ethyl adjacent to an activating group) is 1. The van der Waals surface area contributed by atoms with Gasteiger partial charge in [-0.2, -0.15) is 5.10 Å². The quantitative estimate of drug-likeness (QED) is 0.308. The van der Waals surface area contributed by atoms with Crippen molar-refractivity contribution in [1.82, 2.24) is 30.0 Å². The molecule has 0 aliphatic heterocycles. The van der Waals surface area contributed by atoms with Crippen LogP contribution >= 0.6 is 0 Å². The van der Waals surface area contributed by atoms with Gasteiger partial charge >= 0.3 is 0 Å². The minimum absolute atomic E-state index is 0.107. The molecule has 1 aliphatic carbocycles. The number of carbonyl (C=O) groups excluding carboxylic acids is 1. The normalized spacial score (nSPS) is 18.4. The average molecular weight is 556 g/mol. The van der Waals surface area contributed by atoms with Crippen LogP contribution in [-0.2, 0) is 7.05 Å². The van der Waals surface area contributed by atoms with Crippen molar-refractivity contribution in [2.75, 3.05) is 13.1 Å². The van der Waals surface area contributed by atoms with Crippen LogP contribution in [0, 0.1) is 5.82 Å². The molecule has 1 aromatic carbocycles. The van der Waals surface area contributed by atoms with Crippen LogP contribution in [0.4, 0.5) is 4.39 Å². The highest BCUT2D eigenvalue weighted by Gasteiger charge is 2.30. The van der Waals surface area contributed by atoms with E-state index in [1.807, 2.05) is 19.3 Å². The first-order valence-electron chi connectivity index (χ1n) is 14.3. The second-order valence-electron chi connectivity index (χ2n) is 10.6. The second-order valence-corrected chi connectivity index (χ2v) is 10.6. The summed E-state index contributed by atoms with van der Waals surface area (Å²) in [6, 6.07) is 7.55. The molecule has 5 rings (SSSR count). The van der Waals surface area contributed by atoms with Crippen molar-refractivity contribution in [3.8, 4) is 11.1 Å². The molecule has 41 heavy (non-hydrogen) atoms. The van der Waals surface area contributed by atoms with Crippen molar-refractivity contribution in [3.63, 3.8) is 0 Å². The first-order chi connectivity index (χ1) is 19.8. The molecule has 4 N–H and O–H groups in total. The van der Waals surface area contributed by atoms with Crippen LogP contribution in [0.5, 0.6) is 0 Å². The Morgan fingerprint density at radius 2 is 1.93 bits per heavy atom. The summed E-state index contributed by atoms with van der Waals surface area (Å²) in [6.45, 7) is 10.5. The number of H-pyrrole nitrogens is 1. The zero-order chi connectivity index (χ0) is 29.1. The number of aryl methyl sites for hydroxylation is 1. The fourth-order valence-corrected chi connectivity index (χ4v) is 6.03. The summed E-state index contributed by atoms with van der Waals surface area (Å²) < 4.78 is 17.2. The molecule has 214 valence electrons. The Kier molecular flexibility index (Phi) is 8.35. The number of allylic oxidation sites excluding steroid dienone is 1. The van der Waals surface area contributed by atoms with E-state index in [4.69, 9.17) is 5.73 Å². The first kappa shape index (κ1) is 28.3. The van der Waals surface area contributed by atoms with Gasteiger partial charge in [0.25, 0.3) is 5.91 Å². The maximum Gasteiger partial charge on any atom is 0.251 e. The van der Waals surface area contributed by atoms with Crippen LogP contribution < -0.4 is 21.6 Å². The van der Waals surface area contributed by atoms with Gasteiger partial charge in [0.15, 0.2) is 0 Å². The largest absolute Gasteiger partial charge is 0.403 e. The molecule has 1 fully saturated rings. The molecule has 3 heterocycles. The smallest absolute Gasteiger partial charge is 0.251 e. The van der Waals surface area contributed by atoms with E-state index in [-0.39, 0.29) is 11.9 Å². The maximum absolute atomic E-state index is 15.5. The summed E-state index contributed by atoms with van der Waals surface area (Å²) in [7, 11) is 1.83. The van der Waals surface area contributed by atoms with Gasteiger partial charge in [0.2, 0.25) is 0 Å². The molecular formula is C32H38FN7O. The van der Waals surface area contributed by atoms with Crippen molar-refractivity contribution in [1.29, 1.82) is 0 Å². The molecule has 0 spiro atoms. The number of aromatic nitrogens is 4.